The standard InChI is InChI=1S/C16H17N3O4S2/c1-8-5-6-17-10(7-8)18-16(24)19-13-11(14(20)22-3)9(2)12(25-13)15(21)23-4/h5-7H,1-4H3,(H2,17,18,19,24). The van der Waals surface area contributed by atoms with Gasteiger partial charge >= 0.3 is 11.9 Å². The third-order valence-electron chi connectivity index (χ3n) is 3.29. The van der Waals surface area contributed by atoms with Gasteiger partial charge in [-0.15, -0.1) is 11.3 Å². The molecule has 0 aromatic carbocycles. The lowest BCUT2D eigenvalue weighted by Gasteiger charge is -2.10. The minimum Gasteiger partial charge on any atom is -0.465 e. The van der Waals surface area contributed by atoms with E-state index in [1.54, 1.807) is 13.1 Å². The Labute approximate surface area is 154 Å². The molecule has 2 aromatic heterocycles. The summed E-state index contributed by atoms with van der Waals surface area (Å²) < 4.78 is 9.55. The average Bonchev–Trinajstić information content (AvgIpc) is 2.89. The van der Waals surface area contributed by atoms with Crippen molar-refractivity contribution in [2.24, 2.45) is 0 Å². The summed E-state index contributed by atoms with van der Waals surface area (Å²) in [7, 11) is 2.55. The summed E-state index contributed by atoms with van der Waals surface area (Å²) in [5, 5.41) is 6.49. The number of thiocarbonyl (C=S) groups is 1. The highest BCUT2D eigenvalue weighted by atomic mass is 32.1. The van der Waals surface area contributed by atoms with Crippen molar-refractivity contribution in [2.45, 2.75) is 13.8 Å². The Hall–Kier alpha value is -2.52. The average molecular weight is 379 g/mol. The van der Waals surface area contributed by atoms with Crippen LogP contribution in [0.15, 0.2) is 18.3 Å². The molecule has 0 radical (unpaired) electrons. The first-order chi connectivity index (χ1) is 11.9. The topological polar surface area (TPSA) is 89.5 Å². The molecule has 0 aliphatic heterocycles. The van der Waals surface area contributed by atoms with Crippen LogP contribution < -0.4 is 10.6 Å². The fraction of sp³-hybridized carbons (Fsp3) is 0.250. The van der Waals surface area contributed by atoms with Gasteiger partial charge in [0, 0.05) is 6.20 Å². The van der Waals surface area contributed by atoms with E-state index in [4.69, 9.17) is 21.7 Å². The number of methoxy groups -OCH3 is 2. The number of aromatic nitrogens is 1. The smallest absolute Gasteiger partial charge is 0.348 e. The number of aryl methyl sites for hydroxylation is 1. The van der Waals surface area contributed by atoms with Gasteiger partial charge in [-0.05, 0) is 49.3 Å². The number of pyridine rings is 1. The second-order valence-electron chi connectivity index (χ2n) is 5.04. The van der Waals surface area contributed by atoms with Crippen molar-refractivity contribution in [3.63, 3.8) is 0 Å². The molecule has 0 saturated carbocycles. The van der Waals surface area contributed by atoms with E-state index in [9.17, 15) is 9.59 Å². The lowest BCUT2D eigenvalue weighted by Crippen LogP contribution is -2.20. The van der Waals surface area contributed by atoms with Gasteiger partial charge in [-0.25, -0.2) is 14.6 Å². The number of ether oxygens (including phenoxy) is 2. The van der Waals surface area contributed by atoms with Gasteiger partial charge in [0.2, 0.25) is 0 Å². The van der Waals surface area contributed by atoms with Gasteiger partial charge in [0.05, 0.1) is 19.8 Å². The summed E-state index contributed by atoms with van der Waals surface area (Å²) >= 11 is 6.34. The van der Waals surface area contributed by atoms with Crippen molar-refractivity contribution >= 4 is 51.4 Å². The van der Waals surface area contributed by atoms with E-state index in [2.05, 4.69) is 15.6 Å². The van der Waals surface area contributed by atoms with Crippen LogP contribution in [0, 0.1) is 13.8 Å². The van der Waals surface area contributed by atoms with Crippen molar-refractivity contribution in [3.8, 4) is 0 Å². The maximum absolute atomic E-state index is 12.1. The van der Waals surface area contributed by atoms with Crippen LogP contribution in [0.4, 0.5) is 10.8 Å². The maximum atomic E-state index is 12.1. The number of hydrogen-bond donors (Lipinski definition) is 2. The summed E-state index contributed by atoms with van der Waals surface area (Å²) in [6, 6.07) is 3.69. The highest BCUT2D eigenvalue weighted by molar-refractivity contribution is 7.80. The van der Waals surface area contributed by atoms with Crippen LogP contribution in [0.25, 0.3) is 0 Å². The van der Waals surface area contributed by atoms with E-state index in [0.29, 0.717) is 21.3 Å². The van der Waals surface area contributed by atoms with Crippen molar-refractivity contribution < 1.29 is 19.1 Å². The lowest BCUT2D eigenvalue weighted by atomic mass is 10.1. The Morgan fingerprint density at radius 3 is 2.44 bits per heavy atom. The summed E-state index contributed by atoms with van der Waals surface area (Å²) in [6.07, 6.45) is 1.66. The Bertz CT molecular complexity index is 833. The fourth-order valence-electron chi connectivity index (χ4n) is 2.09. The number of nitrogens with one attached hydrogen (secondary N) is 2. The fourth-order valence-corrected chi connectivity index (χ4v) is 3.48. The predicted molar refractivity (Wildman–Crippen MR) is 101 cm³/mol. The third-order valence-corrected chi connectivity index (χ3v) is 4.68. The molecule has 2 heterocycles. The van der Waals surface area contributed by atoms with Gasteiger partial charge in [0.15, 0.2) is 5.11 Å². The number of anilines is 2. The first-order valence-corrected chi connectivity index (χ1v) is 8.40. The Kier molecular flexibility index (Phi) is 6.05. The van der Waals surface area contributed by atoms with Crippen LogP contribution in [-0.2, 0) is 9.47 Å². The number of rotatable bonds is 4. The zero-order valence-corrected chi connectivity index (χ0v) is 15.8. The molecule has 9 heteroatoms. The summed E-state index contributed by atoms with van der Waals surface area (Å²) in [5.74, 6) is -0.526. The van der Waals surface area contributed by atoms with Gasteiger partial charge in [0.25, 0.3) is 0 Å². The van der Waals surface area contributed by atoms with Gasteiger partial charge in [-0.3, -0.25) is 0 Å². The van der Waals surface area contributed by atoms with Crippen LogP contribution in [-0.4, -0.2) is 36.3 Å². The Morgan fingerprint density at radius 1 is 1.16 bits per heavy atom. The van der Waals surface area contributed by atoms with E-state index in [-0.39, 0.29) is 10.7 Å². The molecular weight excluding hydrogens is 362 g/mol. The van der Waals surface area contributed by atoms with Crippen LogP contribution >= 0.6 is 23.6 Å². The second-order valence-corrected chi connectivity index (χ2v) is 6.47. The van der Waals surface area contributed by atoms with Gasteiger partial charge in [-0.1, -0.05) is 0 Å². The molecule has 0 fully saturated rings. The van der Waals surface area contributed by atoms with E-state index < -0.39 is 11.9 Å². The minimum atomic E-state index is -0.567. The number of nitrogens with zero attached hydrogens (tertiary/aromatic N) is 1. The molecule has 2 rings (SSSR count). The Morgan fingerprint density at radius 2 is 1.84 bits per heavy atom. The SMILES string of the molecule is COC(=O)c1sc(NC(=S)Nc2cc(C)ccn2)c(C(=O)OC)c1C. The van der Waals surface area contributed by atoms with E-state index in [1.807, 2.05) is 19.1 Å². The summed E-state index contributed by atoms with van der Waals surface area (Å²) in [5.41, 5.74) is 1.74. The predicted octanol–water partition coefficient (Wildman–Crippen LogP) is 3.14. The quantitative estimate of drug-likeness (QED) is 0.619. The molecule has 0 spiro atoms. The lowest BCUT2D eigenvalue weighted by molar-refractivity contribution is 0.0601. The largest absolute Gasteiger partial charge is 0.465 e. The summed E-state index contributed by atoms with van der Waals surface area (Å²) in [4.78, 5) is 28.4. The van der Waals surface area contributed by atoms with Crippen molar-refractivity contribution in [1.82, 2.24) is 4.98 Å². The Balaban J connectivity index is 2.29. The first kappa shape index (κ1) is 18.8. The number of carbonyl (C=O) groups excluding carboxylic acids is 2. The van der Waals surface area contributed by atoms with Crippen molar-refractivity contribution in [2.75, 3.05) is 24.9 Å². The van der Waals surface area contributed by atoms with E-state index in [1.165, 1.54) is 14.2 Å². The molecule has 0 atom stereocenters. The highest BCUT2D eigenvalue weighted by Crippen LogP contribution is 2.34. The molecule has 7 nitrogen and oxygen atoms in total. The molecule has 2 N–H and O–H groups in total. The van der Waals surface area contributed by atoms with Crippen LogP contribution in [0.2, 0.25) is 0 Å². The monoisotopic (exact) mass is 379 g/mol. The molecule has 0 aliphatic rings. The zero-order chi connectivity index (χ0) is 18.6. The minimum absolute atomic E-state index is 0.237. The number of hydrogen-bond acceptors (Lipinski definition) is 7. The molecular formula is C16H17N3O4S2. The number of thiophene rings is 1. The van der Waals surface area contributed by atoms with Crippen LogP contribution in [0.1, 0.15) is 31.2 Å². The highest BCUT2D eigenvalue weighted by Gasteiger charge is 2.26. The number of carbonyl (C=O) groups is 2. The molecule has 0 unspecified atom stereocenters. The maximum Gasteiger partial charge on any atom is 0.348 e. The molecule has 2 aromatic rings. The molecule has 25 heavy (non-hydrogen) atoms. The van der Waals surface area contributed by atoms with Crippen molar-refractivity contribution in [3.05, 3.63) is 39.9 Å². The second kappa shape index (κ2) is 8.04. The summed E-state index contributed by atoms with van der Waals surface area (Å²) in [6.45, 7) is 3.59. The zero-order valence-electron chi connectivity index (χ0n) is 14.1. The van der Waals surface area contributed by atoms with Crippen molar-refractivity contribution in [1.29, 1.82) is 0 Å². The van der Waals surface area contributed by atoms with Gasteiger partial charge < -0.3 is 20.1 Å². The van der Waals surface area contributed by atoms with E-state index in [0.717, 1.165) is 16.9 Å². The van der Waals surface area contributed by atoms with Gasteiger partial charge in [0.1, 0.15) is 15.7 Å². The normalized spacial score (nSPS) is 10.1. The molecule has 0 saturated heterocycles. The third kappa shape index (κ3) is 4.31. The van der Waals surface area contributed by atoms with Gasteiger partial charge in [-0.2, -0.15) is 0 Å². The van der Waals surface area contributed by atoms with E-state index >= 15 is 0 Å². The molecule has 0 bridgehead atoms. The van der Waals surface area contributed by atoms with Crippen LogP contribution in [0.3, 0.4) is 0 Å². The first-order valence-electron chi connectivity index (χ1n) is 7.18. The number of esters is 2. The van der Waals surface area contributed by atoms with Crippen LogP contribution in [0.5, 0.6) is 0 Å². The molecule has 0 amide bonds. The molecule has 132 valence electrons. The molecule has 0 aliphatic carbocycles.